The number of halogens is 1. The first kappa shape index (κ1) is 16.0. The molecule has 0 saturated heterocycles. The van der Waals surface area contributed by atoms with Crippen LogP contribution in [0.25, 0.3) is 0 Å². The van der Waals surface area contributed by atoms with Crippen LogP contribution in [0.2, 0.25) is 0 Å². The molecule has 0 fully saturated rings. The van der Waals surface area contributed by atoms with Crippen LogP contribution in [-0.4, -0.2) is 19.3 Å². The van der Waals surface area contributed by atoms with Gasteiger partial charge in [0.1, 0.15) is 17.3 Å². The molecule has 22 heavy (non-hydrogen) atoms. The summed E-state index contributed by atoms with van der Waals surface area (Å²) in [5.41, 5.74) is 1.81. The summed E-state index contributed by atoms with van der Waals surface area (Å²) in [6, 6.07) is 10.1. The Bertz CT molecular complexity index is 692. The van der Waals surface area contributed by atoms with Crippen LogP contribution in [-0.2, 0) is 0 Å². The van der Waals surface area contributed by atoms with Crippen molar-refractivity contribution in [3.05, 3.63) is 47.8 Å². The van der Waals surface area contributed by atoms with E-state index >= 15 is 0 Å². The molecule has 0 atom stereocenters. The number of nitrogens with one attached hydrogen (secondary N) is 2. The number of benzene rings is 2. The molecule has 0 radical (unpaired) electrons. The largest absolute Gasteiger partial charge is 0.497 e. The molecule has 2 rings (SSSR count). The van der Waals surface area contributed by atoms with Gasteiger partial charge in [-0.05, 0) is 43.4 Å². The van der Waals surface area contributed by atoms with Crippen molar-refractivity contribution in [3.63, 3.8) is 0 Å². The molecule has 6 heteroatoms. The predicted molar refractivity (Wildman–Crippen MR) is 90.5 cm³/mol. The third-order valence-electron chi connectivity index (χ3n) is 3.17. The highest BCUT2D eigenvalue weighted by atomic mass is 32.1. The van der Waals surface area contributed by atoms with Crippen molar-refractivity contribution in [1.29, 1.82) is 0 Å². The summed E-state index contributed by atoms with van der Waals surface area (Å²) in [6.45, 7) is 1.69. The first-order valence-electron chi connectivity index (χ1n) is 6.60. The zero-order chi connectivity index (χ0) is 16.1. The van der Waals surface area contributed by atoms with Crippen molar-refractivity contribution >= 4 is 28.7 Å². The maximum Gasteiger partial charge on any atom is 0.175 e. The van der Waals surface area contributed by atoms with Gasteiger partial charge >= 0.3 is 0 Å². The summed E-state index contributed by atoms with van der Waals surface area (Å²) < 4.78 is 24.0. The van der Waals surface area contributed by atoms with Gasteiger partial charge in [-0.15, -0.1) is 0 Å². The van der Waals surface area contributed by atoms with E-state index in [1.54, 1.807) is 51.5 Å². The van der Waals surface area contributed by atoms with Crippen LogP contribution in [0.4, 0.5) is 15.8 Å². The zero-order valence-corrected chi connectivity index (χ0v) is 13.4. The number of methoxy groups -OCH3 is 2. The number of hydrogen-bond acceptors (Lipinski definition) is 3. The van der Waals surface area contributed by atoms with E-state index in [0.717, 1.165) is 0 Å². The molecule has 4 nitrogen and oxygen atoms in total. The number of thiocarbonyl (C=S) groups is 1. The lowest BCUT2D eigenvalue weighted by atomic mass is 10.2. The fourth-order valence-corrected chi connectivity index (χ4v) is 2.14. The molecule has 0 saturated carbocycles. The maximum atomic E-state index is 13.5. The lowest BCUT2D eigenvalue weighted by molar-refractivity contribution is 0.395. The highest BCUT2D eigenvalue weighted by molar-refractivity contribution is 7.80. The van der Waals surface area contributed by atoms with Gasteiger partial charge in [0.15, 0.2) is 5.11 Å². The van der Waals surface area contributed by atoms with E-state index in [9.17, 15) is 4.39 Å². The Morgan fingerprint density at radius 3 is 2.45 bits per heavy atom. The molecular weight excluding hydrogens is 303 g/mol. The molecule has 2 aromatic carbocycles. The summed E-state index contributed by atoms with van der Waals surface area (Å²) in [5, 5.41) is 6.34. The Morgan fingerprint density at radius 2 is 1.77 bits per heavy atom. The maximum absolute atomic E-state index is 13.5. The monoisotopic (exact) mass is 320 g/mol. The van der Waals surface area contributed by atoms with Gasteiger partial charge in [0.05, 0.1) is 19.9 Å². The molecular formula is C16H17FN2O2S. The zero-order valence-electron chi connectivity index (χ0n) is 12.6. The Balaban J connectivity index is 2.14. The van der Waals surface area contributed by atoms with Crippen molar-refractivity contribution in [1.82, 2.24) is 0 Å². The fourth-order valence-electron chi connectivity index (χ4n) is 1.92. The third-order valence-corrected chi connectivity index (χ3v) is 3.38. The Labute approximate surface area is 134 Å². The first-order chi connectivity index (χ1) is 10.5. The highest BCUT2D eigenvalue weighted by Gasteiger charge is 2.09. The standard InChI is InChI=1S/C16H17FN2O2S/c1-10-12(17)5-4-6-13(10)18-16(22)19-14-8-7-11(20-2)9-15(14)21-3/h4-9H,1-3H3,(H2,18,19,22). The molecule has 0 aliphatic carbocycles. The molecule has 2 aromatic rings. The fraction of sp³-hybridized carbons (Fsp3) is 0.188. The van der Waals surface area contributed by atoms with Crippen LogP contribution in [0.1, 0.15) is 5.56 Å². The summed E-state index contributed by atoms with van der Waals surface area (Å²) in [5.74, 6) is 0.997. The summed E-state index contributed by atoms with van der Waals surface area (Å²) in [4.78, 5) is 0. The lowest BCUT2D eigenvalue weighted by Crippen LogP contribution is -2.20. The van der Waals surface area contributed by atoms with Crippen LogP contribution in [0.15, 0.2) is 36.4 Å². The van der Waals surface area contributed by atoms with Gasteiger partial charge in [-0.1, -0.05) is 6.07 Å². The van der Waals surface area contributed by atoms with Crippen LogP contribution in [0.3, 0.4) is 0 Å². The molecule has 0 bridgehead atoms. The Morgan fingerprint density at radius 1 is 1.05 bits per heavy atom. The quantitative estimate of drug-likeness (QED) is 0.835. The van der Waals surface area contributed by atoms with E-state index in [1.807, 2.05) is 0 Å². The summed E-state index contributed by atoms with van der Waals surface area (Å²) in [6.07, 6.45) is 0. The molecule has 0 aliphatic heterocycles. The molecule has 0 unspecified atom stereocenters. The summed E-state index contributed by atoms with van der Waals surface area (Å²) in [7, 11) is 3.15. The van der Waals surface area contributed by atoms with Crippen LogP contribution >= 0.6 is 12.2 Å². The van der Waals surface area contributed by atoms with E-state index in [0.29, 0.717) is 33.5 Å². The van der Waals surface area contributed by atoms with Gasteiger partial charge in [-0.2, -0.15) is 0 Å². The van der Waals surface area contributed by atoms with Gasteiger partial charge in [0.25, 0.3) is 0 Å². The number of ether oxygens (including phenoxy) is 2. The average molecular weight is 320 g/mol. The predicted octanol–water partition coefficient (Wildman–Crippen LogP) is 3.96. The number of rotatable bonds is 4. The van der Waals surface area contributed by atoms with E-state index in [-0.39, 0.29) is 5.82 Å². The van der Waals surface area contributed by atoms with Crippen molar-refractivity contribution in [2.45, 2.75) is 6.92 Å². The van der Waals surface area contributed by atoms with Gasteiger partial charge in [0, 0.05) is 17.3 Å². The molecule has 2 N–H and O–H groups in total. The van der Waals surface area contributed by atoms with Crippen molar-refractivity contribution < 1.29 is 13.9 Å². The second kappa shape index (κ2) is 7.09. The average Bonchev–Trinajstić information content (AvgIpc) is 2.52. The molecule has 0 amide bonds. The van der Waals surface area contributed by atoms with Crippen LogP contribution in [0.5, 0.6) is 11.5 Å². The Kier molecular flexibility index (Phi) is 5.16. The van der Waals surface area contributed by atoms with Crippen LogP contribution in [0, 0.1) is 12.7 Å². The molecule has 116 valence electrons. The van der Waals surface area contributed by atoms with E-state index in [1.165, 1.54) is 6.07 Å². The van der Waals surface area contributed by atoms with Gasteiger partial charge < -0.3 is 20.1 Å². The minimum Gasteiger partial charge on any atom is -0.497 e. The summed E-state index contributed by atoms with van der Waals surface area (Å²) >= 11 is 5.26. The minimum atomic E-state index is -0.283. The van der Waals surface area contributed by atoms with Crippen molar-refractivity contribution in [3.8, 4) is 11.5 Å². The van der Waals surface area contributed by atoms with E-state index in [4.69, 9.17) is 21.7 Å². The van der Waals surface area contributed by atoms with E-state index in [2.05, 4.69) is 10.6 Å². The van der Waals surface area contributed by atoms with Gasteiger partial charge in [-0.3, -0.25) is 0 Å². The van der Waals surface area contributed by atoms with E-state index < -0.39 is 0 Å². The first-order valence-corrected chi connectivity index (χ1v) is 7.01. The van der Waals surface area contributed by atoms with Gasteiger partial charge in [0.2, 0.25) is 0 Å². The minimum absolute atomic E-state index is 0.283. The normalized spacial score (nSPS) is 10.0. The second-order valence-corrected chi connectivity index (χ2v) is 4.97. The number of hydrogen-bond donors (Lipinski definition) is 2. The lowest BCUT2D eigenvalue weighted by Gasteiger charge is -2.15. The molecule has 0 heterocycles. The van der Waals surface area contributed by atoms with Crippen molar-refractivity contribution in [2.75, 3.05) is 24.9 Å². The SMILES string of the molecule is COc1ccc(NC(=S)Nc2cccc(F)c2C)c(OC)c1. The topological polar surface area (TPSA) is 42.5 Å². The van der Waals surface area contributed by atoms with Crippen LogP contribution < -0.4 is 20.1 Å². The molecule has 0 aromatic heterocycles. The van der Waals surface area contributed by atoms with Gasteiger partial charge in [-0.25, -0.2) is 4.39 Å². The third kappa shape index (κ3) is 3.65. The van der Waals surface area contributed by atoms with Crippen molar-refractivity contribution in [2.24, 2.45) is 0 Å². The molecule has 0 spiro atoms. The highest BCUT2D eigenvalue weighted by Crippen LogP contribution is 2.29. The second-order valence-electron chi connectivity index (χ2n) is 4.56. The number of anilines is 2. The molecule has 0 aliphatic rings. The Hall–Kier alpha value is -2.34. The smallest absolute Gasteiger partial charge is 0.175 e.